The topological polar surface area (TPSA) is 32.3 Å². The summed E-state index contributed by atoms with van der Waals surface area (Å²) in [4.78, 5) is 0. The lowest BCUT2D eigenvalue weighted by molar-refractivity contribution is 0.475. The van der Waals surface area contributed by atoms with Gasteiger partial charge in [0.15, 0.2) is 0 Å². The second-order valence-corrected chi connectivity index (χ2v) is 4.30. The Kier molecular flexibility index (Phi) is 4.47. The standard InChI is InChI=1S/C13H21NO/c1-4-5-11(3)9-14-12-8-10(2)6-7-13(12)15/h6-8,11,14-15H,4-5,9H2,1-3H3. The molecule has 84 valence electrons. The molecule has 0 spiro atoms. The molecule has 0 radical (unpaired) electrons. The predicted molar refractivity (Wildman–Crippen MR) is 65.4 cm³/mol. The molecule has 1 unspecified atom stereocenters. The lowest BCUT2D eigenvalue weighted by atomic mass is 10.1. The second-order valence-electron chi connectivity index (χ2n) is 4.30. The van der Waals surface area contributed by atoms with Gasteiger partial charge in [0, 0.05) is 6.54 Å². The van der Waals surface area contributed by atoms with Crippen molar-refractivity contribution in [3.05, 3.63) is 23.8 Å². The Bertz CT molecular complexity index is 309. The fourth-order valence-electron chi connectivity index (χ4n) is 1.67. The molecule has 1 aromatic carbocycles. The van der Waals surface area contributed by atoms with E-state index in [1.807, 2.05) is 19.1 Å². The number of aryl methyl sites for hydroxylation is 1. The lowest BCUT2D eigenvalue weighted by Gasteiger charge is -2.13. The summed E-state index contributed by atoms with van der Waals surface area (Å²) in [5.41, 5.74) is 2.01. The van der Waals surface area contributed by atoms with E-state index < -0.39 is 0 Å². The van der Waals surface area contributed by atoms with E-state index in [0.717, 1.165) is 12.2 Å². The fraction of sp³-hybridized carbons (Fsp3) is 0.538. The molecule has 0 aliphatic carbocycles. The fourth-order valence-corrected chi connectivity index (χ4v) is 1.67. The largest absolute Gasteiger partial charge is 0.506 e. The lowest BCUT2D eigenvalue weighted by Crippen LogP contribution is -2.11. The Morgan fingerprint density at radius 1 is 1.40 bits per heavy atom. The van der Waals surface area contributed by atoms with Crippen LogP contribution in [-0.2, 0) is 0 Å². The molecule has 2 heteroatoms. The van der Waals surface area contributed by atoms with Crippen molar-refractivity contribution in [1.82, 2.24) is 0 Å². The van der Waals surface area contributed by atoms with Crippen molar-refractivity contribution >= 4 is 5.69 Å². The number of hydrogen-bond donors (Lipinski definition) is 2. The minimum atomic E-state index is 0.337. The molecule has 0 amide bonds. The van der Waals surface area contributed by atoms with Crippen molar-refractivity contribution in [2.24, 2.45) is 5.92 Å². The number of aromatic hydroxyl groups is 1. The Labute approximate surface area is 92.3 Å². The number of benzene rings is 1. The first kappa shape index (κ1) is 11.9. The average Bonchev–Trinajstić information content (AvgIpc) is 2.20. The van der Waals surface area contributed by atoms with Gasteiger partial charge in [-0.05, 0) is 37.0 Å². The minimum Gasteiger partial charge on any atom is -0.506 e. The second kappa shape index (κ2) is 5.64. The summed E-state index contributed by atoms with van der Waals surface area (Å²) in [6.45, 7) is 7.37. The van der Waals surface area contributed by atoms with Gasteiger partial charge in [-0.25, -0.2) is 0 Å². The summed E-state index contributed by atoms with van der Waals surface area (Å²) in [7, 11) is 0. The smallest absolute Gasteiger partial charge is 0.138 e. The van der Waals surface area contributed by atoms with Gasteiger partial charge in [-0.3, -0.25) is 0 Å². The molecule has 0 aliphatic heterocycles. The molecule has 1 rings (SSSR count). The van der Waals surface area contributed by atoms with E-state index in [4.69, 9.17) is 0 Å². The highest BCUT2D eigenvalue weighted by molar-refractivity contribution is 5.57. The van der Waals surface area contributed by atoms with Gasteiger partial charge in [0.25, 0.3) is 0 Å². The Hall–Kier alpha value is -1.18. The van der Waals surface area contributed by atoms with E-state index >= 15 is 0 Å². The van der Waals surface area contributed by atoms with Crippen molar-refractivity contribution in [3.63, 3.8) is 0 Å². The summed E-state index contributed by atoms with van der Waals surface area (Å²) in [6, 6.07) is 5.63. The van der Waals surface area contributed by atoms with Crippen LogP contribution in [0.3, 0.4) is 0 Å². The van der Waals surface area contributed by atoms with Crippen LogP contribution in [0, 0.1) is 12.8 Å². The number of hydrogen-bond acceptors (Lipinski definition) is 2. The maximum absolute atomic E-state index is 9.62. The first-order valence-electron chi connectivity index (χ1n) is 5.67. The van der Waals surface area contributed by atoms with Crippen LogP contribution in [0.4, 0.5) is 5.69 Å². The van der Waals surface area contributed by atoms with E-state index in [-0.39, 0.29) is 0 Å². The zero-order valence-electron chi connectivity index (χ0n) is 9.88. The summed E-state index contributed by atoms with van der Waals surface area (Å²) in [5.74, 6) is 0.985. The SMILES string of the molecule is CCCC(C)CNc1cc(C)ccc1O. The van der Waals surface area contributed by atoms with Crippen LogP contribution in [0.1, 0.15) is 32.3 Å². The third-order valence-electron chi connectivity index (χ3n) is 2.57. The normalized spacial score (nSPS) is 12.5. The molecule has 15 heavy (non-hydrogen) atoms. The molecule has 0 aromatic heterocycles. The van der Waals surface area contributed by atoms with E-state index in [9.17, 15) is 5.11 Å². The predicted octanol–water partition coefficient (Wildman–Crippen LogP) is 3.55. The highest BCUT2D eigenvalue weighted by Crippen LogP contribution is 2.24. The van der Waals surface area contributed by atoms with Crippen LogP contribution in [0.2, 0.25) is 0 Å². The van der Waals surface area contributed by atoms with Gasteiger partial charge >= 0.3 is 0 Å². The highest BCUT2D eigenvalue weighted by atomic mass is 16.3. The van der Waals surface area contributed by atoms with Crippen LogP contribution < -0.4 is 5.32 Å². The maximum Gasteiger partial charge on any atom is 0.138 e. The highest BCUT2D eigenvalue weighted by Gasteiger charge is 2.03. The third-order valence-corrected chi connectivity index (χ3v) is 2.57. The molecular weight excluding hydrogens is 186 g/mol. The molecule has 2 nitrogen and oxygen atoms in total. The van der Waals surface area contributed by atoms with Gasteiger partial charge in [-0.1, -0.05) is 26.3 Å². The van der Waals surface area contributed by atoms with Crippen molar-refractivity contribution in [3.8, 4) is 5.75 Å². The van der Waals surface area contributed by atoms with Gasteiger partial charge in [-0.2, -0.15) is 0 Å². The third kappa shape index (κ3) is 3.82. The molecule has 2 N–H and O–H groups in total. The van der Waals surface area contributed by atoms with Gasteiger partial charge in [0.1, 0.15) is 5.75 Å². The molecular formula is C13H21NO. The van der Waals surface area contributed by atoms with Gasteiger partial charge in [0.05, 0.1) is 5.69 Å². The quantitative estimate of drug-likeness (QED) is 0.724. The zero-order chi connectivity index (χ0) is 11.3. The average molecular weight is 207 g/mol. The van der Waals surface area contributed by atoms with Crippen LogP contribution in [0.25, 0.3) is 0 Å². The number of phenols is 1. The first-order chi connectivity index (χ1) is 7.13. The van der Waals surface area contributed by atoms with Crippen molar-refractivity contribution in [1.29, 1.82) is 0 Å². The molecule has 1 atom stereocenters. The molecule has 1 aromatic rings. The number of anilines is 1. The summed E-state index contributed by atoms with van der Waals surface area (Å²) in [5, 5.41) is 12.9. The van der Waals surface area contributed by atoms with Crippen LogP contribution in [-0.4, -0.2) is 11.7 Å². The van der Waals surface area contributed by atoms with E-state index in [1.54, 1.807) is 6.07 Å². The van der Waals surface area contributed by atoms with Gasteiger partial charge < -0.3 is 10.4 Å². The Morgan fingerprint density at radius 3 is 2.80 bits per heavy atom. The van der Waals surface area contributed by atoms with Gasteiger partial charge in [-0.15, -0.1) is 0 Å². The van der Waals surface area contributed by atoms with Crippen LogP contribution in [0.15, 0.2) is 18.2 Å². The number of nitrogens with one attached hydrogen (secondary N) is 1. The zero-order valence-corrected chi connectivity index (χ0v) is 9.88. The van der Waals surface area contributed by atoms with E-state index in [1.165, 1.54) is 18.4 Å². The molecule has 0 saturated heterocycles. The Morgan fingerprint density at radius 2 is 2.13 bits per heavy atom. The summed E-state index contributed by atoms with van der Waals surface area (Å²) < 4.78 is 0. The van der Waals surface area contributed by atoms with Crippen molar-refractivity contribution < 1.29 is 5.11 Å². The molecule has 0 heterocycles. The number of rotatable bonds is 5. The maximum atomic E-state index is 9.62. The van der Waals surface area contributed by atoms with Crippen molar-refractivity contribution in [2.45, 2.75) is 33.6 Å². The monoisotopic (exact) mass is 207 g/mol. The number of phenolic OH excluding ortho intramolecular Hbond substituents is 1. The Balaban J connectivity index is 2.53. The van der Waals surface area contributed by atoms with E-state index in [2.05, 4.69) is 19.2 Å². The first-order valence-corrected chi connectivity index (χ1v) is 5.67. The van der Waals surface area contributed by atoms with E-state index in [0.29, 0.717) is 11.7 Å². The van der Waals surface area contributed by atoms with Crippen LogP contribution >= 0.6 is 0 Å². The minimum absolute atomic E-state index is 0.337. The van der Waals surface area contributed by atoms with Crippen molar-refractivity contribution in [2.75, 3.05) is 11.9 Å². The molecule has 0 fully saturated rings. The molecule has 0 aliphatic rings. The summed E-state index contributed by atoms with van der Waals surface area (Å²) >= 11 is 0. The molecule has 0 saturated carbocycles. The molecule has 0 bridgehead atoms. The summed E-state index contributed by atoms with van der Waals surface area (Å²) in [6.07, 6.45) is 2.43. The van der Waals surface area contributed by atoms with Crippen LogP contribution in [0.5, 0.6) is 5.75 Å². The van der Waals surface area contributed by atoms with Gasteiger partial charge in [0.2, 0.25) is 0 Å².